The van der Waals surface area contributed by atoms with E-state index < -0.39 is 0 Å². The molecule has 0 aliphatic heterocycles. The van der Waals surface area contributed by atoms with Gasteiger partial charge in [-0.25, -0.2) is 0 Å². The van der Waals surface area contributed by atoms with Crippen LogP contribution < -0.4 is 11.1 Å². The molecule has 1 heterocycles. The molecular formula is C14H18N4O. The van der Waals surface area contributed by atoms with Gasteiger partial charge in [-0.3, -0.25) is 9.89 Å². The molecule has 2 rings (SSSR count). The molecule has 0 bridgehead atoms. The Labute approximate surface area is 112 Å². The number of hydrogen-bond acceptors (Lipinski definition) is 3. The first-order valence-electron chi connectivity index (χ1n) is 6.31. The van der Waals surface area contributed by atoms with E-state index in [2.05, 4.69) is 15.5 Å². The van der Waals surface area contributed by atoms with Crippen molar-refractivity contribution in [3.63, 3.8) is 0 Å². The Hall–Kier alpha value is -2.14. The number of carbonyl (C=O) groups is 1. The van der Waals surface area contributed by atoms with Gasteiger partial charge in [0.15, 0.2) is 0 Å². The van der Waals surface area contributed by atoms with Crippen molar-refractivity contribution in [3.05, 3.63) is 42.1 Å². The molecule has 0 saturated carbocycles. The topological polar surface area (TPSA) is 83.8 Å². The minimum Gasteiger partial charge on any atom is -0.352 e. The maximum absolute atomic E-state index is 12.1. The van der Waals surface area contributed by atoms with E-state index in [-0.39, 0.29) is 11.9 Å². The maximum Gasteiger partial charge on any atom is 0.255 e. The molecule has 0 fully saturated rings. The van der Waals surface area contributed by atoms with E-state index in [0.717, 1.165) is 17.7 Å². The van der Waals surface area contributed by atoms with Gasteiger partial charge < -0.3 is 11.1 Å². The third-order valence-electron chi connectivity index (χ3n) is 2.83. The van der Waals surface area contributed by atoms with Crippen molar-refractivity contribution in [1.29, 1.82) is 0 Å². The van der Waals surface area contributed by atoms with Crippen LogP contribution in [0.15, 0.2) is 36.5 Å². The summed E-state index contributed by atoms with van der Waals surface area (Å²) in [6.45, 7) is 2.48. The summed E-state index contributed by atoms with van der Waals surface area (Å²) in [7, 11) is 0. The summed E-state index contributed by atoms with van der Waals surface area (Å²) in [4.78, 5) is 12.1. The number of hydrogen-bond donors (Lipinski definition) is 3. The smallest absolute Gasteiger partial charge is 0.255 e. The van der Waals surface area contributed by atoms with Crippen LogP contribution >= 0.6 is 0 Å². The fraction of sp³-hybridized carbons (Fsp3) is 0.286. The van der Waals surface area contributed by atoms with Gasteiger partial charge in [-0.1, -0.05) is 30.3 Å². The molecule has 19 heavy (non-hydrogen) atoms. The number of amides is 1. The Kier molecular flexibility index (Phi) is 4.30. The highest BCUT2D eigenvalue weighted by atomic mass is 16.1. The molecule has 5 nitrogen and oxygen atoms in total. The summed E-state index contributed by atoms with van der Waals surface area (Å²) in [5.74, 6) is -0.131. The van der Waals surface area contributed by atoms with Crippen LogP contribution in [0.25, 0.3) is 11.3 Å². The van der Waals surface area contributed by atoms with Crippen LogP contribution in [0.1, 0.15) is 23.7 Å². The number of H-pyrrole nitrogens is 1. The molecule has 4 N–H and O–H groups in total. The SMILES string of the molecule is CC(N)CCNC(=O)c1cn[nH]c1-c1ccccc1. The summed E-state index contributed by atoms with van der Waals surface area (Å²) < 4.78 is 0. The lowest BCUT2D eigenvalue weighted by Gasteiger charge is -2.07. The van der Waals surface area contributed by atoms with Gasteiger partial charge in [-0.15, -0.1) is 0 Å². The Morgan fingerprint density at radius 3 is 2.84 bits per heavy atom. The van der Waals surface area contributed by atoms with E-state index in [9.17, 15) is 4.79 Å². The number of aromatic amines is 1. The van der Waals surface area contributed by atoms with Gasteiger partial charge in [0.05, 0.1) is 17.5 Å². The van der Waals surface area contributed by atoms with Crippen molar-refractivity contribution in [2.24, 2.45) is 5.73 Å². The molecule has 1 aromatic carbocycles. The maximum atomic E-state index is 12.1. The van der Waals surface area contributed by atoms with Crippen molar-refractivity contribution in [1.82, 2.24) is 15.5 Å². The molecule has 100 valence electrons. The zero-order chi connectivity index (χ0) is 13.7. The summed E-state index contributed by atoms with van der Waals surface area (Å²) in [5, 5.41) is 9.67. The van der Waals surface area contributed by atoms with Crippen LogP contribution in [0.5, 0.6) is 0 Å². The van der Waals surface area contributed by atoms with E-state index in [0.29, 0.717) is 12.1 Å². The second-order valence-electron chi connectivity index (χ2n) is 4.55. The number of aromatic nitrogens is 2. The Balaban J connectivity index is 2.09. The summed E-state index contributed by atoms with van der Waals surface area (Å²) in [6, 6.07) is 9.74. The highest BCUT2D eigenvalue weighted by molar-refractivity contribution is 5.99. The van der Waals surface area contributed by atoms with Crippen LogP contribution in [0.4, 0.5) is 0 Å². The van der Waals surface area contributed by atoms with Gasteiger partial charge in [-0.05, 0) is 13.3 Å². The zero-order valence-corrected chi connectivity index (χ0v) is 10.9. The Morgan fingerprint density at radius 1 is 1.42 bits per heavy atom. The van der Waals surface area contributed by atoms with Gasteiger partial charge in [0, 0.05) is 18.2 Å². The third-order valence-corrected chi connectivity index (χ3v) is 2.83. The molecule has 2 aromatic rings. The molecule has 1 amide bonds. The minimum atomic E-state index is -0.131. The van der Waals surface area contributed by atoms with Crippen molar-refractivity contribution in [3.8, 4) is 11.3 Å². The number of nitrogens with zero attached hydrogens (tertiary/aromatic N) is 1. The lowest BCUT2D eigenvalue weighted by atomic mass is 10.1. The Morgan fingerprint density at radius 2 is 2.16 bits per heavy atom. The molecule has 5 heteroatoms. The van der Waals surface area contributed by atoms with Crippen LogP contribution in [-0.4, -0.2) is 28.7 Å². The van der Waals surface area contributed by atoms with Crippen LogP contribution in [0.3, 0.4) is 0 Å². The fourth-order valence-corrected chi connectivity index (χ4v) is 1.79. The summed E-state index contributed by atoms with van der Waals surface area (Å²) >= 11 is 0. The normalized spacial score (nSPS) is 12.1. The minimum absolute atomic E-state index is 0.0817. The summed E-state index contributed by atoms with van der Waals surface area (Å²) in [6.07, 6.45) is 2.30. The molecule has 1 aromatic heterocycles. The highest BCUT2D eigenvalue weighted by Gasteiger charge is 2.14. The molecule has 1 unspecified atom stereocenters. The molecule has 0 aliphatic rings. The number of nitrogens with two attached hydrogens (primary N) is 1. The number of benzene rings is 1. The first-order valence-corrected chi connectivity index (χ1v) is 6.31. The zero-order valence-electron chi connectivity index (χ0n) is 10.9. The Bertz CT molecular complexity index is 533. The van der Waals surface area contributed by atoms with Crippen molar-refractivity contribution in [2.45, 2.75) is 19.4 Å². The van der Waals surface area contributed by atoms with Crippen molar-refractivity contribution in [2.75, 3.05) is 6.54 Å². The second-order valence-corrected chi connectivity index (χ2v) is 4.55. The number of rotatable bonds is 5. The predicted octanol–water partition coefficient (Wildman–Crippen LogP) is 1.54. The third kappa shape index (κ3) is 3.42. The average Bonchev–Trinajstić information content (AvgIpc) is 2.88. The second kappa shape index (κ2) is 6.15. The quantitative estimate of drug-likeness (QED) is 0.760. The van der Waals surface area contributed by atoms with Crippen LogP contribution in [-0.2, 0) is 0 Å². The molecule has 0 spiro atoms. The average molecular weight is 258 g/mol. The molecule has 0 aliphatic carbocycles. The van der Waals surface area contributed by atoms with E-state index in [1.807, 2.05) is 37.3 Å². The fourth-order valence-electron chi connectivity index (χ4n) is 1.79. The van der Waals surface area contributed by atoms with Gasteiger partial charge in [0.1, 0.15) is 0 Å². The van der Waals surface area contributed by atoms with E-state index in [4.69, 9.17) is 5.73 Å². The highest BCUT2D eigenvalue weighted by Crippen LogP contribution is 2.20. The predicted molar refractivity (Wildman–Crippen MR) is 74.6 cm³/mol. The lowest BCUT2D eigenvalue weighted by molar-refractivity contribution is 0.0953. The monoisotopic (exact) mass is 258 g/mol. The molecule has 0 saturated heterocycles. The van der Waals surface area contributed by atoms with Gasteiger partial charge in [0.2, 0.25) is 0 Å². The largest absolute Gasteiger partial charge is 0.352 e. The molecule has 1 atom stereocenters. The van der Waals surface area contributed by atoms with E-state index in [1.54, 1.807) is 6.20 Å². The molecular weight excluding hydrogens is 240 g/mol. The van der Waals surface area contributed by atoms with Gasteiger partial charge in [-0.2, -0.15) is 5.10 Å². The first-order chi connectivity index (χ1) is 9.18. The van der Waals surface area contributed by atoms with Crippen LogP contribution in [0, 0.1) is 0 Å². The van der Waals surface area contributed by atoms with E-state index >= 15 is 0 Å². The lowest BCUT2D eigenvalue weighted by Crippen LogP contribution is -2.29. The van der Waals surface area contributed by atoms with Crippen LogP contribution in [0.2, 0.25) is 0 Å². The number of nitrogens with one attached hydrogen (secondary N) is 2. The summed E-state index contributed by atoms with van der Waals surface area (Å²) in [5.41, 5.74) is 7.88. The number of carbonyl (C=O) groups excluding carboxylic acids is 1. The first kappa shape index (κ1) is 13.3. The standard InChI is InChI=1S/C14H18N4O/c1-10(15)7-8-16-14(19)12-9-17-18-13(12)11-5-3-2-4-6-11/h2-6,9-10H,7-8,15H2,1H3,(H,16,19)(H,17,18). The van der Waals surface area contributed by atoms with Gasteiger partial charge in [0.25, 0.3) is 5.91 Å². The van der Waals surface area contributed by atoms with Crippen molar-refractivity contribution >= 4 is 5.91 Å². The van der Waals surface area contributed by atoms with Gasteiger partial charge >= 0.3 is 0 Å². The molecule has 0 radical (unpaired) electrons. The van der Waals surface area contributed by atoms with Crippen molar-refractivity contribution < 1.29 is 4.79 Å². The van der Waals surface area contributed by atoms with E-state index in [1.165, 1.54) is 0 Å².